The first kappa shape index (κ1) is 8.79. The third kappa shape index (κ3) is 1.93. The molecule has 0 N–H and O–H groups in total. The van der Waals surface area contributed by atoms with Crippen molar-refractivity contribution < 1.29 is 0 Å². The normalized spacial score (nSPS) is 10.3. The van der Waals surface area contributed by atoms with E-state index in [4.69, 9.17) is 11.6 Å². The van der Waals surface area contributed by atoms with E-state index in [0.29, 0.717) is 0 Å². The number of benzene rings is 1. The van der Waals surface area contributed by atoms with Crippen LogP contribution in [0.5, 0.6) is 0 Å². The Morgan fingerprint density at radius 3 is 2.23 bits per heavy atom. The minimum atomic E-state index is 0.828. The highest BCUT2D eigenvalue weighted by Crippen LogP contribution is 2.30. The predicted octanol–water partition coefficient (Wildman–Crippen LogP) is 4.25. The lowest BCUT2D eigenvalue weighted by molar-refractivity contribution is 1.61. The molecule has 0 aliphatic rings. The van der Waals surface area contributed by atoms with Crippen molar-refractivity contribution in [3.63, 3.8) is 0 Å². The van der Waals surface area contributed by atoms with Crippen molar-refractivity contribution in [3.8, 4) is 10.4 Å². The first-order valence-corrected chi connectivity index (χ1v) is 5.13. The summed E-state index contributed by atoms with van der Waals surface area (Å²) in [7, 11) is 0. The quantitative estimate of drug-likeness (QED) is 0.656. The van der Waals surface area contributed by atoms with E-state index in [1.54, 1.807) is 11.3 Å². The molecule has 0 saturated carbocycles. The zero-order chi connectivity index (χ0) is 9.26. The molecule has 0 aliphatic heterocycles. The maximum Gasteiger partial charge on any atom is 0.0934 e. The molecular formula is C11H8ClS. The second-order valence-electron chi connectivity index (χ2n) is 2.80. The maximum atomic E-state index is 5.85. The van der Waals surface area contributed by atoms with Gasteiger partial charge in [-0.15, -0.1) is 11.3 Å². The van der Waals surface area contributed by atoms with Crippen LogP contribution in [-0.2, 0) is 0 Å². The van der Waals surface area contributed by atoms with E-state index in [2.05, 4.69) is 19.1 Å². The Morgan fingerprint density at radius 2 is 1.69 bits per heavy atom. The molecule has 2 heteroatoms. The largest absolute Gasteiger partial charge is 0.123 e. The van der Waals surface area contributed by atoms with Gasteiger partial charge in [0, 0.05) is 4.88 Å². The molecule has 13 heavy (non-hydrogen) atoms. The van der Waals surface area contributed by atoms with Gasteiger partial charge in [-0.25, -0.2) is 0 Å². The molecule has 0 spiro atoms. The molecule has 1 aromatic carbocycles. The Balaban J connectivity index is 2.41. The van der Waals surface area contributed by atoms with Crippen LogP contribution >= 0.6 is 22.9 Å². The molecule has 0 aliphatic carbocycles. The van der Waals surface area contributed by atoms with Gasteiger partial charge in [0.15, 0.2) is 0 Å². The summed E-state index contributed by atoms with van der Waals surface area (Å²) >= 11 is 7.44. The van der Waals surface area contributed by atoms with Gasteiger partial charge in [-0.05, 0) is 30.2 Å². The lowest BCUT2D eigenvalue weighted by Gasteiger charge is -1.96. The van der Waals surface area contributed by atoms with Gasteiger partial charge in [0.25, 0.3) is 0 Å². The topological polar surface area (TPSA) is 0 Å². The number of hydrogen-bond acceptors (Lipinski definition) is 1. The summed E-state index contributed by atoms with van der Waals surface area (Å²) in [6.45, 7) is 3.84. The smallest absolute Gasteiger partial charge is 0.0934 e. The summed E-state index contributed by atoms with van der Waals surface area (Å²) in [6.07, 6.45) is 0. The Bertz CT molecular complexity index is 400. The van der Waals surface area contributed by atoms with Crippen LogP contribution in [0.15, 0.2) is 36.4 Å². The highest BCUT2D eigenvalue weighted by Gasteiger charge is 1.99. The van der Waals surface area contributed by atoms with Crippen LogP contribution in [0.25, 0.3) is 10.4 Å². The summed E-state index contributed by atoms with van der Waals surface area (Å²) in [4.78, 5) is 1.20. The molecular weight excluding hydrogens is 200 g/mol. The zero-order valence-electron chi connectivity index (χ0n) is 6.96. The number of hydrogen-bond donors (Lipinski definition) is 0. The van der Waals surface area contributed by atoms with Crippen LogP contribution in [0.2, 0.25) is 4.34 Å². The average molecular weight is 208 g/mol. The molecule has 2 aromatic rings. The van der Waals surface area contributed by atoms with Gasteiger partial charge >= 0.3 is 0 Å². The first-order chi connectivity index (χ1) is 6.25. The fourth-order valence-electron chi connectivity index (χ4n) is 1.14. The monoisotopic (exact) mass is 207 g/mol. The van der Waals surface area contributed by atoms with Gasteiger partial charge < -0.3 is 0 Å². The highest BCUT2D eigenvalue weighted by atomic mass is 35.5. The van der Waals surface area contributed by atoms with Crippen LogP contribution in [0, 0.1) is 6.92 Å². The van der Waals surface area contributed by atoms with E-state index >= 15 is 0 Å². The van der Waals surface area contributed by atoms with Crippen LogP contribution in [0.4, 0.5) is 0 Å². The Kier molecular flexibility index (Phi) is 2.38. The number of halogens is 1. The van der Waals surface area contributed by atoms with Crippen molar-refractivity contribution in [2.75, 3.05) is 0 Å². The fraction of sp³-hybridized carbons (Fsp3) is 0. The van der Waals surface area contributed by atoms with Crippen LogP contribution in [0.3, 0.4) is 0 Å². The van der Waals surface area contributed by atoms with Crippen molar-refractivity contribution in [2.24, 2.45) is 0 Å². The van der Waals surface area contributed by atoms with E-state index in [1.807, 2.05) is 24.3 Å². The Morgan fingerprint density at radius 1 is 1.00 bits per heavy atom. The molecule has 1 heterocycles. The molecule has 0 saturated heterocycles. The third-order valence-corrected chi connectivity index (χ3v) is 3.09. The van der Waals surface area contributed by atoms with Gasteiger partial charge in [0.1, 0.15) is 0 Å². The van der Waals surface area contributed by atoms with Crippen molar-refractivity contribution in [3.05, 3.63) is 53.2 Å². The lowest BCUT2D eigenvalue weighted by atomic mass is 10.1. The molecule has 0 atom stereocenters. The van der Waals surface area contributed by atoms with Gasteiger partial charge in [-0.2, -0.15) is 0 Å². The van der Waals surface area contributed by atoms with Crippen molar-refractivity contribution in [2.45, 2.75) is 0 Å². The molecule has 1 aromatic heterocycles. The number of thiophene rings is 1. The van der Waals surface area contributed by atoms with Gasteiger partial charge in [-0.3, -0.25) is 0 Å². The maximum absolute atomic E-state index is 5.85. The lowest BCUT2D eigenvalue weighted by Crippen LogP contribution is -1.72. The molecule has 0 bridgehead atoms. The van der Waals surface area contributed by atoms with E-state index in [-0.39, 0.29) is 0 Å². The van der Waals surface area contributed by atoms with E-state index in [9.17, 15) is 0 Å². The van der Waals surface area contributed by atoms with Gasteiger partial charge in [-0.1, -0.05) is 35.9 Å². The van der Waals surface area contributed by atoms with Gasteiger partial charge in [0.05, 0.1) is 4.34 Å². The third-order valence-electron chi connectivity index (χ3n) is 1.81. The summed E-state index contributed by atoms with van der Waals surface area (Å²) in [5.41, 5.74) is 2.23. The molecule has 0 fully saturated rings. The Hall–Kier alpha value is -0.790. The minimum Gasteiger partial charge on any atom is -0.123 e. The SMILES string of the molecule is [CH2]c1ccc(-c2ccc(Cl)s2)cc1. The predicted molar refractivity (Wildman–Crippen MR) is 59.2 cm³/mol. The number of rotatable bonds is 1. The summed E-state index contributed by atoms with van der Waals surface area (Å²) in [5, 5.41) is 0. The van der Waals surface area contributed by atoms with E-state index in [0.717, 1.165) is 9.90 Å². The van der Waals surface area contributed by atoms with Crippen LogP contribution < -0.4 is 0 Å². The van der Waals surface area contributed by atoms with Crippen LogP contribution in [0.1, 0.15) is 5.56 Å². The minimum absolute atomic E-state index is 0.828. The highest BCUT2D eigenvalue weighted by molar-refractivity contribution is 7.19. The van der Waals surface area contributed by atoms with E-state index in [1.165, 1.54) is 10.4 Å². The second-order valence-corrected chi connectivity index (χ2v) is 4.52. The molecule has 65 valence electrons. The fourth-order valence-corrected chi connectivity index (χ4v) is 2.19. The van der Waals surface area contributed by atoms with Crippen LogP contribution in [-0.4, -0.2) is 0 Å². The Labute approximate surface area is 86.8 Å². The van der Waals surface area contributed by atoms with E-state index < -0.39 is 0 Å². The van der Waals surface area contributed by atoms with Crippen molar-refractivity contribution >= 4 is 22.9 Å². The molecule has 1 radical (unpaired) electrons. The zero-order valence-corrected chi connectivity index (χ0v) is 8.53. The average Bonchev–Trinajstić information content (AvgIpc) is 2.53. The molecule has 2 rings (SSSR count). The molecule has 0 amide bonds. The molecule has 0 nitrogen and oxygen atoms in total. The van der Waals surface area contributed by atoms with Gasteiger partial charge in [0.2, 0.25) is 0 Å². The van der Waals surface area contributed by atoms with Crippen molar-refractivity contribution in [1.29, 1.82) is 0 Å². The summed E-state index contributed by atoms with van der Waals surface area (Å²) in [5.74, 6) is 0. The van der Waals surface area contributed by atoms with Crippen molar-refractivity contribution in [1.82, 2.24) is 0 Å². The second kappa shape index (κ2) is 3.52. The summed E-state index contributed by atoms with van der Waals surface area (Å²) in [6, 6.07) is 12.1. The summed E-state index contributed by atoms with van der Waals surface area (Å²) < 4.78 is 0.828. The standard InChI is InChI=1S/C11H8ClS/c1-8-2-4-9(5-3-8)10-6-7-11(12)13-10/h2-7H,1H2. The first-order valence-electron chi connectivity index (χ1n) is 3.93. The molecule has 0 unspecified atom stereocenters.